The van der Waals surface area contributed by atoms with Crippen molar-refractivity contribution in [2.24, 2.45) is 5.92 Å². The van der Waals surface area contributed by atoms with E-state index in [9.17, 15) is 5.11 Å². The Bertz CT molecular complexity index is 510. The number of aliphatic hydroxyl groups excluding tert-OH is 1. The van der Waals surface area contributed by atoms with Crippen LogP contribution in [0.15, 0.2) is 12.1 Å². The highest BCUT2D eigenvalue weighted by Crippen LogP contribution is 2.38. The van der Waals surface area contributed by atoms with E-state index in [1.165, 1.54) is 12.8 Å². The molecule has 1 aromatic rings. The Morgan fingerprint density at radius 3 is 2.15 bits per heavy atom. The average Bonchev–Trinajstić information content (AvgIpc) is 2.62. The second-order valence-corrected chi connectivity index (χ2v) is 6.69. The van der Waals surface area contributed by atoms with Crippen LogP contribution in [0.2, 0.25) is 0 Å². The molecule has 7 heteroatoms. The number of rotatable bonds is 9. The van der Waals surface area contributed by atoms with Crippen LogP contribution in [-0.4, -0.2) is 63.7 Å². The lowest BCUT2D eigenvalue weighted by Gasteiger charge is -2.31. The number of hydrogen-bond acceptors (Lipinski definition) is 6. The first kappa shape index (κ1) is 22.8. The van der Waals surface area contributed by atoms with Crippen LogP contribution in [0, 0.1) is 5.92 Å². The summed E-state index contributed by atoms with van der Waals surface area (Å²) < 4.78 is 21.7. The molecule has 0 amide bonds. The first-order valence-electron chi connectivity index (χ1n) is 8.84. The molecule has 2 rings (SSSR count). The van der Waals surface area contributed by atoms with Crippen LogP contribution in [0.4, 0.5) is 0 Å². The van der Waals surface area contributed by atoms with Gasteiger partial charge in [0.2, 0.25) is 5.75 Å². The molecule has 0 aliphatic carbocycles. The van der Waals surface area contributed by atoms with E-state index in [0.29, 0.717) is 37.0 Å². The van der Waals surface area contributed by atoms with E-state index in [4.69, 9.17) is 18.9 Å². The van der Waals surface area contributed by atoms with Crippen molar-refractivity contribution in [1.29, 1.82) is 0 Å². The number of halogens is 1. The average molecular weight is 390 g/mol. The van der Waals surface area contributed by atoms with Crippen LogP contribution in [-0.2, 0) is 11.3 Å². The van der Waals surface area contributed by atoms with Crippen LogP contribution in [0.1, 0.15) is 25.3 Å². The van der Waals surface area contributed by atoms with Crippen molar-refractivity contribution >= 4 is 12.4 Å². The molecule has 0 bridgehead atoms. The third-order valence-electron chi connectivity index (χ3n) is 4.65. The highest BCUT2D eigenvalue weighted by atomic mass is 35.5. The smallest absolute Gasteiger partial charge is 0.203 e. The van der Waals surface area contributed by atoms with Gasteiger partial charge < -0.3 is 29.0 Å². The van der Waals surface area contributed by atoms with Crippen molar-refractivity contribution in [3.05, 3.63) is 17.7 Å². The van der Waals surface area contributed by atoms with Gasteiger partial charge in [0.25, 0.3) is 0 Å². The molecule has 0 saturated carbocycles. The summed E-state index contributed by atoms with van der Waals surface area (Å²) in [5, 5.41) is 10.2. The molecular weight excluding hydrogens is 358 g/mol. The number of β-amino-alcohol motifs (C(OH)–C–C–N with tert-alkyl or cyclic N) is 1. The monoisotopic (exact) mass is 389 g/mol. The number of hydrogen-bond donors (Lipinski definition) is 1. The minimum atomic E-state index is -0.476. The standard InChI is InChI=1S/C19H31NO5.ClH/c1-14-5-7-20(8-6-14)11-16(21)13-25-12-15-9-17(22-2)19(24-4)18(10-15)23-3;/h9-10,14,16,21H,5-8,11-13H2,1-4H3;1H. The van der Waals surface area contributed by atoms with E-state index in [0.717, 1.165) is 24.6 Å². The first-order valence-corrected chi connectivity index (χ1v) is 8.84. The van der Waals surface area contributed by atoms with Gasteiger partial charge in [0.05, 0.1) is 40.6 Å². The molecular formula is C19H32ClNO5. The lowest BCUT2D eigenvalue weighted by Crippen LogP contribution is -2.39. The Morgan fingerprint density at radius 2 is 1.65 bits per heavy atom. The number of nitrogens with zero attached hydrogens (tertiary/aromatic N) is 1. The SMILES string of the molecule is COc1cc(COCC(O)CN2CCC(C)CC2)cc(OC)c1OC.Cl. The van der Waals surface area contributed by atoms with E-state index in [1.54, 1.807) is 21.3 Å². The second kappa shape index (κ2) is 11.5. The third-order valence-corrected chi connectivity index (χ3v) is 4.65. The molecule has 150 valence electrons. The molecule has 1 aliphatic heterocycles. The Morgan fingerprint density at radius 1 is 1.08 bits per heavy atom. The Balaban J connectivity index is 0.00000338. The molecule has 1 aromatic carbocycles. The van der Waals surface area contributed by atoms with Crippen molar-refractivity contribution in [2.45, 2.75) is 32.5 Å². The summed E-state index contributed by atoms with van der Waals surface area (Å²) in [5.74, 6) is 2.56. The minimum absolute atomic E-state index is 0. The van der Waals surface area contributed by atoms with Gasteiger partial charge in [0, 0.05) is 6.54 Å². The zero-order valence-corrected chi connectivity index (χ0v) is 17.0. The topological polar surface area (TPSA) is 60.4 Å². The molecule has 6 nitrogen and oxygen atoms in total. The molecule has 1 heterocycles. The molecule has 1 saturated heterocycles. The summed E-state index contributed by atoms with van der Waals surface area (Å²) in [4.78, 5) is 2.31. The van der Waals surface area contributed by atoms with E-state index in [1.807, 2.05) is 12.1 Å². The maximum atomic E-state index is 10.2. The normalized spacial score (nSPS) is 16.7. The molecule has 1 atom stereocenters. The Kier molecular flexibility index (Phi) is 10.1. The summed E-state index contributed by atoms with van der Waals surface area (Å²) in [5.41, 5.74) is 0.911. The quantitative estimate of drug-likeness (QED) is 0.700. The highest BCUT2D eigenvalue weighted by molar-refractivity contribution is 5.85. The van der Waals surface area contributed by atoms with E-state index in [-0.39, 0.29) is 12.4 Å². The van der Waals surface area contributed by atoms with Crippen molar-refractivity contribution in [3.63, 3.8) is 0 Å². The maximum Gasteiger partial charge on any atom is 0.203 e. The first-order chi connectivity index (χ1) is 12.1. The lowest BCUT2D eigenvalue weighted by molar-refractivity contribution is 0.00489. The number of methoxy groups -OCH3 is 3. The van der Waals surface area contributed by atoms with Crippen molar-refractivity contribution in [2.75, 3.05) is 47.6 Å². The van der Waals surface area contributed by atoms with Crippen molar-refractivity contribution < 1.29 is 24.1 Å². The molecule has 1 unspecified atom stereocenters. The third kappa shape index (κ3) is 6.50. The fourth-order valence-electron chi connectivity index (χ4n) is 3.13. The van der Waals surface area contributed by atoms with Crippen LogP contribution < -0.4 is 14.2 Å². The lowest BCUT2D eigenvalue weighted by atomic mass is 9.99. The number of likely N-dealkylation sites (tertiary alicyclic amines) is 1. The van der Waals surface area contributed by atoms with Gasteiger partial charge in [-0.15, -0.1) is 12.4 Å². The fourth-order valence-corrected chi connectivity index (χ4v) is 3.13. The fraction of sp³-hybridized carbons (Fsp3) is 0.684. The van der Waals surface area contributed by atoms with Gasteiger partial charge in [0.15, 0.2) is 11.5 Å². The molecule has 1 fully saturated rings. The molecule has 0 spiro atoms. The predicted octanol–water partition coefficient (Wildman–Crippen LogP) is 2.74. The van der Waals surface area contributed by atoms with Crippen LogP contribution in [0.5, 0.6) is 17.2 Å². The summed E-state index contributed by atoms with van der Waals surface area (Å²) in [6.45, 7) is 5.76. The van der Waals surface area contributed by atoms with Crippen LogP contribution >= 0.6 is 12.4 Å². The van der Waals surface area contributed by atoms with E-state index >= 15 is 0 Å². The molecule has 1 N–H and O–H groups in total. The van der Waals surface area contributed by atoms with Gasteiger partial charge in [-0.2, -0.15) is 0 Å². The van der Waals surface area contributed by atoms with Crippen molar-refractivity contribution in [1.82, 2.24) is 4.90 Å². The number of benzene rings is 1. The van der Waals surface area contributed by atoms with Crippen LogP contribution in [0.25, 0.3) is 0 Å². The highest BCUT2D eigenvalue weighted by Gasteiger charge is 2.18. The zero-order valence-electron chi connectivity index (χ0n) is 16.2. The predicted molar refractivity (Wildman–Crippen MR) is 104 cm³/mol. The molecule has 26 heavy (non-hydrogen) atoms. The summed E-state index contributed by atoms with van der Waals surface area (Å²) >= 11 is 0. The summed E-state index contributed by atoms with van der Waals surface area (Å²) in [6.07, 6.45) is 1.94. The second-order valence-electron chi connectivity index (χ2n) is 6.69. The van der Waals surface area contributed by atoms with E-state index < -0.39 is 6.10 Å². The van der Waals surface area contributed by atoms with Gasteiger partial charge in [-0.05, 0) is 49.5 Å². The largest absolute Gasteiger partial charge is 0.493 e. The number of piperidine rings is 1. The van der Waals surface area contributed by atoms with Crippen LogP contribution in [0.3, 0.4) is 0 Å². The van der Waals surface area contributed by atoms with Crippen molar-refractivity contribution in [3.8, 4) is 17.2 Å². The Hall–Kier alpha value is -1.21. The Labute approximate surface area is 162 Å². The molecule has 0 radical (unpaired) electrons. The summed E-state index contributed by atoms with van der Waals surface area (Å²) in [6, 6.07) is 3.72. The van der Waals surface area contributed by atoms with Gasteiger partial charge in [-0.3, -0.25) is 0 Å². The van der Waals surface area contributed by atoms with Gasteiger partial charge in [0.1, 0.15) is 0 Å². The minimum Gasteiger partial charge on any atom is -0.493 e. The van der Waals surface area contributed by atoms with Gasteiger partial charge in [-0.1, -0.05) is 6.92 Å². The number of ether oxygens (including phenoxy) is 4. The number of aliphatic hydroxyl groups is 1. The van der Waals surface area contributed by atoms with Gasteiger partial charge >= 0.3 is 0 Å². The molecule has 1 aliphatic rings. The van der Waals surface area contributed by atoms with E-state index in [2.05, 4.69) is 11.8 Å². The van der Waals surface area contributed by atoms with Gasteiger partial charge in [-0.25, -0.2) is 0 Å². The summed E-state index contributed by atoms with van der Waals surface area (Å²) in [7, 11) is 4.75. The maximum absolute atomic E-state index is 10.2. The molecule has 0 aromatic heterocycles. The zero-order chi connectivity index (χ0) is 18.2.